The van der Waals surface area contributed by atoms with Crippen molar-refractivity contribution < 1.29 is 4.92 Å². The Balaban J connectivity index is 1.60. The van der Waals surface area contributed by atoms with Crippen molar-refractivity contribution in [2.75, 3.05) is 0 Å². The molecule has 0 aliphatic carbocycles. The van der Waals surface area contributed by atoms with Gasteiger partial charge in [-0.15, -0.1) is 0 Å². The van der Waals surface area contributed by atoms with Gasteiger partial charge in [0.1, 0.15) is 0 Å². The van der Waals surface area contributed by atoms with E-state index in [1.807, 2.05) is 49.4 Å². The van der Waals surface area contributed by atoms with E-state index in [9.17, 15) is 15.4 Å². The molecule has 0 aliphatic heterocycles. The van der Waals surface area contributed by atoms with Gasteiger partial charge in [0.05, 0.1) is 16.6 Å². The monoisotopic (exact) mass is 443 g/mol. The maximum atomic E-state index is 11.0. The van der Waals surface area contributed by atoms with E-state index in [0.29, 0.717) is 12.1 Å². The van der Waals surface area contributed by atoms with Crippen LogP contribution in [0.4, 0.5) is 5.69 Å². The number of allylic oxidation sites excluding steroid dienone is 1. The van der Waals surface area contributed by atoms with E-state index >= 15 is 0 Å². The molecule has 0 saturated heterocycles. The van der Waals surface area contributed by atoms with Crippen molar-refractivity contribution in [2.45, 2.75) is 13.5 Å². The van der Waals surface area contributed by atoms with Crippen molar-refractivity contribution in [1.82, 2.24) is 4.57 Å². The Kier molecular flexibility index (Phi) is 5.41. The molecule has 1 heterocycles. The van der Waals surface area contributed by atoms with Crippen LogP contribution in [0.3, 0.4) is 0 Å². The van der Waals surface area contributed by atoms with Crippen LogP contribution >= 0.6 is 0 Å². The zero-order chi connectivity index (χ0) is 23.7. The minimum absolute atomic E-state index is 0.0792. The Morgan fingerprint density at radius 2 is 1.68 bits per heavy atom. The molecule has 0 radical (unpaired) electrons. The zero-order valence-electron chi connectivity index (χ0n) is 18.6. The van der Waals surface area contributed by atoms with Crippen LogP contribution in [0.25, 0.3) is 33.3 Å². The predicted octanol–water partition coefficient (Wildman–Crippen LogP) is 7.12. The second-order valence-corrected chi connectivity index (χ2v) is 8.26. The quantitative estimate of drug-likeness (QED) is 0.165. The maximum absolute atomic E-state index is 11.0. The molecule has 0 fully saturated rings. The molecule has 1 aromatic heterocycles. The zero-order valence-corrected chi connectivity index (χ0v) is 18.6. The highest BCUT2D eigenvalue weighted by Crippen LogP contribution is 2.31. The predicted molar refractivity (Wildman–Crippen MR) is 136 cm³/mol. The van der Waals surface area contributed by atoms with E-state index in [4.69, 9.17) is 0 Å². The Hall–Kier alpha value is -4.69. The van der Waals surface area contributed by atoms with Gasteiger partial charge in [0.15, 0.2) is 0 Å². The molecule has 0 unspecified atom stereocenters. The van der Waals surface area contributed by atoms with E-state index in [-0.39, 0.29) is 10.6 Å². The number of nitrogens with zero attached hydrogens (tertiary/aromatic N) is 3. The molecule has 0 spiro atoms. The van der Waals surface area contributed by atoms with Crippen molar-refractivity contribution >= 4 is 39.0 Å². The van der Waals surface area contributed by atoms with Gasteiger partial charge in [-0.3, -0.25) is 10.1 Å². The summed E-state index contributed by atoms with van der Waals surface area (Å²) in [6.45, 7) is 2.63. The normalized spacial score (nSPS) is 11.6. The van der Waals surface area contributed by atoms with Gasteiger partial charge in [0.25, 0.3) is 5.69 Å². The van der Waals surface area contributed by atoms with Gasteiger partial charge in [0, 0.05) is 40.8 Å². The SMILES string of the molecule is Cc1c(/C=C(/C#N)c2ccc3ccccc3c2)c2ccccc2n1Cc1ccc([N+](=O)[O-])cc1. The average Bonchev–Trinajstić information content (AvgIpc) is 3.13. The van der Waals surface area contributed by atoms with Gasteiger partial charge < -0.3 is 4.57 Å². The highest BCUT2D eigenvalue weighted by molar-refractivity contribution is 6.00. The molecular formula is C29H21N3O2. The van der Waals surface area contributed by atoms with Gasteiger partial charge in [-0.25, -0.2) is 0 Å². The fraction of sp³-hybridized carbons (Fsp3) is 0.0690. The molecule has 164 valence electrons. The largest absolute Gasteiger partial charge is 0.340 e. The molecule has 0 saturated carbocycles. The number of hydrogen-bond donors (Lipinski definition) is 0. The third-order valence-corrected chi connectivity index (χ3v) is 6.24. The fourth-order valence-electron chi connectivity index (χ4n) is 4.43. The smallest absolute Gasteiger partial charge is 0.269 e. The van der Waals surface area contributed by atoms with Gasteiger partial charge >= 0.3 is 0 Å². The minimum Gasteiger partial charge on any atom is -0.340 e. The van der Waals surface area contributed by atoms with Crippen LogP contribution in [0.1, 0.15) is 22.4 Å². The number of nitro groups is 1. The second-order valence-electron chi connectivity index (χ2n) is 8.26. The van der Waals surface area contributed by atoms with Crippen molar-refractivity contribution in [3.63, 3.8) is 0 Å². The van der Waals surface area contributed by atoms with E-state index in [1.165, 1.54) is 12.1 Å². The molecule has 5 aromatic rings. The molecule has 5 nitrogen and oxygen atoms in total. The third kappa shape index (κ3) is 3.82. The standard InChI is InChI=1S/C29H21N3O2/c1-20-28(17-25(18-30)24-13-12-22-6-2-3-7-23(22)16-24)27-8-4-5-9-29(27)31(20)19-21-10-14-26(15-11-21)32(33)34/h2-17H,19H2,1H3/b25-17-. The molecule has 5 rings (SSSR count). The number of rotatable bonds is 5. The van der Waals surface area contributed by atoms with E-state index < -0.39 is 0 Å². The summed E-state index contributed by atoms with van der Waals surface area (Å²) in [6.07, 6.45) is 1.97. The first kappa shape index (κ1) is 21.2. The number of fused-ring (bicyclic) bond motifs is 2. The van der Waals surface area contributed by atoms with Crippen LogP contribution in [0.15, 0.2) is 91.0 Å². The maximum Gasteiger partial charge on any atom is 0.269 e. The lowest BCUT2D eigenvalue weighted by Crippen LogP contribution is -2.02. The summed E-state index contributed by atoms with van der Waals surface area (Å²) in [5, 5.41) is 24.3. The number of nitro benzene ring substituents is 1. The van der Waals surface area contributed by atoms with Crippen LogP contribution in [-0.2, 0) is 6.54 Å². The number of non-ortho nitro benzene ring substituents is 1. The minimum atomic E-state index is -0.390. The molecule has 0 bridgehead atoms. The first-order valence-electron chi connectivity index (χ1n) is 11.0. The summed E-state index contributed by atoms with van der Waals surface area (Å²) >= 11 is 0. The summed E-state index contributed by atoms with van der Waals surface area (Å²) in [7, 11) is 0. The molecule has 0 amide bonds. The Bertz CT molecular complexity index is 1620. The number of nitriles is 1. The molecule has 34 heavy (non-hydrogen) atoms. The molecule has 5 heteroatoms. The summed E-state index contributed by atoms with van der Waals surface area (Å²) in [6, 6.07) is 31.3. The highest BCUT2D eigenvalue weighted by Gasteiger charge is 2.15. The molecule has 4 aromatic carbocycles. The second kappa shape index (κ2) is 8.68. The van der Waals surface area contributed by atoms with Crippen molar-refractivity contribution in [2.24, 2.45) is 0 Å². The van der Waals surface area contributed by atoms with Crippen LogP contribution in [0, 0.1) is 28.4 Å². The highest BCUT2D eigenvalue weighted by atomic mass is 16.6. The number of aromatic nitrogens is 1. The fourth-order valence-corrected chi connectivity index (χ4v) is 4.43. The summed E-state index contributed by atoms with van der Waals surface area (Å²) < 4.78 is 2.19. The topological polar surface area (TPSA) is 71.9 Å². The van der Waals surface area contributed by atoms with Gasteiger partial charge in [0.2, 0.25) is 0 Å². The van der Waals surface area contributed by atoms with E-state index in [0.717, 1.165) is 44.1 Å². The lowest BCUT2D eigenvalue weighted by Gasteiger charge is -2.09. The van der Waals surface area contributed by atoms with Crippen molar-refractivity contribution in [1.29, 1.82) is 5.26 Å². The molecule has 0 N–H and O–H groups in total. The lowest BCUT2D eigenvalue weighted by molar-refractivity contribution is -0.384. The number of hydrogen-bond acceptors (Lipinski definition) is 3. The molecule has 0 atom stereocenters. The third-order valence-electron chi connectivity index (χ3n) is 6.24. The average molecular weight is 444 g/mol. The van der Waals surface area contributed by atoms with E-state index in [2.05, 4.69) is 41.0 Å². The van der Waals surface area contributed by atoms with E-state index in [1.54, 1.807) is 12.1 Å². The number of para-hydroxylation sites is 1. The van der Waals surface area contributed by atoms with Gasteiger partial charge in [-0.1, -0.05) is 66.7 Å². The Labute approximate surface area is 197 Å². The van der Waals surface area contributed by atoms with Crippen molar-refractivity contribution in [3.05, 3.63) is 123 Å². The molecule has 0 aliphatic rings. The first-order valence-corrected chi connectivity index (χ1v) is 11.0. The Morgan fingerprint density at radius 3 is 2.41 bits per heavy atom. The first-order chi connectivity index (χ1) is 16.5. The Morgan fingerprint density at radius 1 is 0.971 bits per heavy atom. The van der Waals surface area contributed by atoms with Crippen LogP contribution in [-0.4, -0.2) is 9.49 Å². The van der Waals surface area contributed by atoms with Crippen molar-refractivity contribution in [3.8, 4) is 6.07 Å². The van der Waals surface area contributed by atoms with Crippen LogP contribution in [0.5, 0.6) is 0 Å². The molecular weight excluding hydrogens is 422 g/mol. The lowest BCUT2D eigenvalue weighted by atomic mass is 9.99. The van der Waals surface area contributed by atoms with Gasteiger partial charge in [-0.2, -0.15) is 5.26 Å². The van der Waals surface area contributed by atoms with Crippen LogP contribution in [0.2, 0.25) is 0 Å². The van der Waals surface area contributed by atoms with Gasteiger partial charge in [-0.05, 0) is 47.0 Å². The summed E-state index contributed by atoms with van der Waals surface area (Å²) in [4.78, 5) is 10.6. The summed E-state index contributed by atoms with van der Waals surface area (Å²) in [5.74, 6) is 0. The summed E-state index contributed by atoms with van der Waals surface area (Å²) in [5.41, 5.74) is 5.63. The van der Waals surface area contributed by atoms with Crippen LogP contribution < -0.4 is 0 Å². The number of benzene rings is 4.